The molecule has 1 aliphatic heterocycles. The Morgan fingerprint density at radius 3 is 3.16 bits per heavy atom. The number of aromatic nitrogens is 1. The van der Waals surface area contributed by atoms with E-state index < -0.39 is 0 Å². The van der Waals surface area contributed by atoms with Crippen molar-refractivity contribution in [2.75, 3.05) is 13.2 Å². The molecule has 0 aliphatic carbocycles. The quantitative estimate of drug-likeness (QED) is 0.856. The highest BCUT2D eigenvalue weighted by Crippen LogP contribution is 2.34. The molecule has 3 nitrogen and oxygen atoms in total. The van der Waals surface area contributed by atoms with Crippen LogP contribution in [0.15, 0.2) is 18.2 Å². The second-order valence-corrected chi connectivity index (χ2v) is 5.03. The van der Waals surface area contributed by atoms with Gasteiger partial charge in [0.05, 0.1) is 30.5 Å². The van der Waals surface area contributed by atoms with Gasteiger partial charge in [-0.2, -0.15) is 0 Å². The van der Waals surface area contributed by atoms with Gasteiger partial charge in [0.25, 0.3) is 0 Å². The Bertz CT molecular complexity index is 613. The van der Waals surface area contributed by atoms with Crippen molar-refractivity contribution in [3.05, 3.63) is 34.5 Å². The summed E-state index contributed by atoms with van der Waals surface area (Å²) >= 11 is 6.49. The predicted octanol–water partition coefficient (Wildman–Crippen LogP) is 3.75. The molecule has 100 valence electrons. The lowest BCUT2D eigenvalue weighted by atomic mass is 10.1. The van der Waals surface area contributed by atoms with Gasteiger partial charge in [-0.3, -0.25) is 0 Å². The number of hydrogen-bond acceptors (Lipinski definition) is 3. The highest BCUT2D eigenvalue weighted by molar-refractivity contribution is 6.36. The summed E-state index contributed by atoms with van der Waals surface area (Å²) in [7, 11) is 0. The Kier molecular flexibility index (Phi) is 3.58. The molecule has 2 heterocycles. The monoisotopic (exact) mass is 277 g/mol. The molecule has 1 aromatic heterocycles. The molecule has 1 aliphatic rings. The van der Waals surface area contributed by atoms with Crippen LogP contribution in [0.5, 0.6) is 5.75 Å². The maximum atomic E-state index is 6.49. The van der Waals surface area contributed by atoms with Gasteiger partial charge in [0.1, 0.15) is 11.3 Å². The van der Waals surface area contributed by atoms with E-state index in [2.05, 4.69) is 6.92 Å². The first-order valence-electron chi connectivity index (χ1n) is 6.61. The van der Waals surface area contributed by atoms with Crippen LogP contribution < -0.4 is 4.74 Å². The van der Waals surface area contributed by atoms with Gasteiger partial charge in [-0.05, 0) is 12.5 Å². The Labute approximate surface area is 117 Å². The maximum absolute atomic E-state index is 6.49. The van der Waals surface area contributed by atoms with E-state index in [1.165, 1.54) is 0 Å². The molecule has 0 radical (unpaired) electrons. The fourth-order valence-corrected chi connectivity index (χ4v) is 2.65. The summed E-state index contributed by atoms with van der Waals surface area (Å²) < 4.78 is 11.2. The fraction of sp³-hybridized carbons (Fsp3) is 0.400. The summed E-state index contributed by atoms with van der Waals surface area (Å²) in [5, 5.41) is 1.70. The summed E-state index contributed by atoms with van der Waals surface area (Å²) in [5.41, 5.74) is 2.92. The third-order valence-corrected chi connectivity index (χ3v) is 3.72. The molecule has 0 amide bonds. The molecule has 0 spiro atoms. The number of para-hydroxylation sites is 1. The molecule has 19 heavy (non-hydrogen) atoms. The van der Waals surface area contributed by atoms with Gasteiger partial charge in [0.2, 0.25) is 0 Å². The van der Waals surface area contributed by atoms with E-state index in [9.17, 15) is 0 Å². The lowest BCUT2D eigenvalue weighted by molar-refractivity contribution is 0.109. The average molecular weight is 278 g/mol. The molecular formula is C15H16ClNO2. The van der Waals surface area contributed by atoms with E-state index in [0.717, 1.165) is 45.8 Å². The first-order valence-corrected chi connectivity index (χ1v) is 6.99. The summed E-state index contributed by atoms with van der Waals surface area (Å²) in [6.07, 6.45) is 1.79. The molecule has 2 aromatic rings. The van der Waals surface area contributed by atoms with Crippen LogP contribution in [0.4, 0.5) is 0 Å². The zero-order valence-corrected chi connectivity index (χ0v) is 11.7. The second-order valence-electron chi connectivity index (χ2n) is 4.65. The van der Waals surface area contributed by atoms with Gasteiger partial charge in [-0.15, -0.1) is 0 Å². The molecule has 3 rings (SSSR count). The molecule has 0 atom stereocenters. The summed E-state index contributed by atoms with van der Waals surface area (Å²) in [5.74, 6) is 0.815. The maximum Gasteiger partial charge on any atom is 0.145 e. The molecule has 0 bridgehead atoms. The minimum Gasteiger partial charge on any atom is -0.491 e. The minimum atomic E-state index is 0.553. The summed E-state index contributed by atoms with van der Waals surface area (Å²) in [6, 6.07) is 5.89. The second kappa shape index (κ2) is 5.35. The number of nitrogens with zero attached hydrogens (tertiary/aromatic N) is 1. The van der Waals surface area contributed by atoms with Crippen molar-refractivity contribution in [1.29, 1.82) is 0 Å². The van der Waals surface area contributed by atoms with Gasteiger partial charge in [0.15, 0.2) is 0 Å². The van der Waals surface area contributed by atoms with Crippen molar-refractivity contribution in [3.63, 3.8) is 0 Å². The third kappa shape index (κ3) is 2.28. The van der Waals surface area contributed by atoms with Crippen molar-refractivity contribution in [2.24, 2.45) is 0 Å². The van der Waals surface area contributed by atoms with Crippen molar-refractivity contribution >= 4 is 22.5 Å². The predicted molar refractivity (Wildman–Crippen MR) is 75.9 cm³/mol. The van der Waals surface area contributed by atoms with Crippen molar-refractivity contribution in [2.45, 2.75) is 26.4 Å². The molecule has 4 heteroatoms. The standard InChI is InChI=1S/C15H16ClNO2/c1-2-7-19-13-5-3-4-10-14(16)11-9-18-8-6-12(11)17-15(10)13/h3-5H,2,6-9H2,1H3. The number of halogens is 1. The van der Waals surface area contributed by atoms with E-state index in [4.69, 9.17) is 26.1 Å². The fourth-order valence-electron chi connectivity index (χ4n) is 2.33. The van der Waals surface area contributed by atoms with Crippen LogP contribution in [0.2, 0.25) is 5.02 Å². The van der Waals surface area contributed by atoms with Crippen molar-refractivity contribution in [3.8, 4) is 5.75 Å². The van der Waals surface area contributed by atoms with Crippen LogP contribution in [-0.2, 0) is 17.8 Å². The highest BCUT2D eigenvalue weighted by atomic mass is 35.5. The first kappa shape index (κ1) is 12.7. The normalized spacial score (nSPS) is 14.4. The largest absolute Gasteiger partial charge is 0.491 e. The Hall–Kier alpha value is -1.32. The SMILES string of the molecule is CCCOc1cccc2c(Cl)c3c(nc12)CCOC3. The van der Waals surface area contributed by atoms with Crippen molar-refractivity contribution < 1.29 is 9.47 Å². The molecule has 0 N–H and O–H groups in total. The van der Waals surface area contributed by atoms with Gasteiger partial charge >= 0.3 is 0 Å². The number of benzene rings is 1. The van der Waals surface area contributed by atoms with Crippen molar-refractivity contribution in [1.82, 2.24) is 4.98 Å². The van der Waals surface area contributed by atoms with Gasteiger partial charge < -0.3 is 9.47 Å². The zero-order valence-electron chi connectivity index (χ0n) is 10.9. The molecule has 1 aromatic carbocycles. The molecule has 0 saturated carbocycles. The lowest BCUT2D eigenvalue weighted by Gasteiger charge is -2.19. The Morgan fingerprint density at radius 1 is 1.42 bits per heavy atom. The minimum absolute atomic E-state index is 0.553. The first-order chi connectivity index (χ1) is 9.31. The number of fused-ring (bicyclic) bond motifs is 2. The topological polar surface area (TPSA) is 31.4 Å². The Balaban J connectivity index is 2.17. The van der Waals surface area contributed by atoms with E-state index in [1.807, 2.05) is 18.2 Å². The molecule has 0 unspecified atom stereocenters. The number of rotatable bonds is 3. The van der Waals surface area contributed by atoms with E-state index >= 15 is 0 Å². The number of pyridine rings is 1. The van der Waals surface area contributed by atoms with Crippen LogP contribution in [0.1, 0.15) is 24.6 Å². The van der Waals surface area contributed by atoms with E-state index in [-0.39, 0.29) is 0 Å². The van der Waals surface area contributed by atoms with Crippen LogP contribution in [-0.4, -0.2) is 18.2 Å². The summed E-state index contributed by atoms with van der Waals surface area (Å²) in [6.45, 7) is 4.04. The van der Waals surface area contributed by atoms with Crippen LogP contribution in [0.3, 0.4) is 0 Å². The number of hydrogen-bond donors (Lipinski definition) is 0. The summed E-state index contributed by atoms with van der Waals surface area (Å²) in [4.78, 5) is 4.74. The van der Waals surface area contributed by atoms with Gasteiger partial charge in [0, 0.05) is 17.4 Å². The van der Waals surface area contributed by atoms with E-state index in [0.29, 0.717) is 19.8 Å². The smallest absolute Gasteiger partial charge is 0.145 e. The highest BCUT2D eigenvalue weighted by Gasteiger charge is 2.18. The van der Waals surface area contributed by atoms with Gasteiger partial charge in [-0.25, -0.2) is 4.98 Å². The van der Waals surface area contributed by atoms with Gasteiger partial charge in [-0.1, -0.05) is 30.7 Å². The Morgan fingerprint density at radius 2 is 2.32 bits per heavy atom. The van der Waals surface area contributed by atoms with Crippen LogP contribution in [0, 0.1) is 0 Å². The lowest BCUT2D eigenvalue weighted by Crippen LogP contribution is -2.13. The average Bonchev–Trinajstić information content (AvgIpc) is 2.46. The zero-order chi connectivity index (χ0) is 13.2. The molecule has 0 saturated heterocycles. The third-order valence-electron chi connectivity index (χ3n) is 3.29. The van der Waals surface area contributed by atoms with E-state index in [1.54, 1.807) is 0 Å². The molecule has 0 fully saturated rings. The molecular weight excluding hydrogens is 262 g/mol. The van der Waals surface area contributed by atoms with Crippen LogP contribution >= 0.6 is 11.6 Å². The number of ether oxygens (including phenoxy) is 2. The van der Waals surface area contributed by atoms with Crippen LogP contribution in [0.25, 0.3) is 10.9 Å².